The molecule has 2 aromatic rings. The summed E-state index contributed by atoms with van der Waals surface area (Å²) in [6.45, 7) is 0.370. The van der Waals surface area contributed by atoms with Crippen molar-refractivity contribution < 1.29 is 19.1 Å². The van der Waals surface area contributed by atoms with Gasteiger partial charge in [0.25, 0.3) is 5.91 Å². The molecule has 0 atom stereocenters. The van der Waals surface area contributed by atoms with Crippen LogP contribution in [0.15, 0.2) is 54.6 Å². The smallest absolute Gasteiger partial charge is 0.305 e. The van der Waals surface area contributed by atoms with Crippen molar-refractivity contribution in [3.63, 3.8) is 0 Å². The zero-order valence-electron chi connectivity index (χ0n) is 20.6. The predicted octanol–water partition coefficient (Wildman–Crippen LogP) is 4.91. The van der Waals surface area contributed by atoms with E-state index in [1.807, 2.05) is 30.3 Å². The fraction of sp³-hybridized carbons (Fsp3) is 0.429. The van der Waals surface area contributed by atoms with Crippen LogP contribution in [-0.2, 0) is 20.7 Å². The summed E-state index contributed by atoms with van der Waals surface area (Å²) >= 11 is 5.20. The van der Waals surface area contributed by atoms with E-state index < -0.39 is 0 Å². The highest BCUT2D eigenvalue weighted by Gasteiger charge is 2.16. The minimum atomic E-state index is -0.302. The lowest BCUT2D eigenvalue weighted by Crippen LogP contribution is -2.36. The molecule has 3 N–H and O–H groups in total. The van der Waals surface area contributed by atoms with Crippen molar-refractivity contribution in [3.8, 4) is 0 Å². The van der Waals surface area contributed by atoms with Gasteiger partial charge in [0, 0.05) is 30.1 Å². The van der Waals surface area contributed by atoms with E-state index in [2.05, 4.69) is 16.0 Å². The minimum absolute atomic E-state index is 0.0703. The molecule has 3 rings (SSSR count). The first kappa shape index (κ1) is 27.3. The molecule has 1 aliphatic rings. The van der Waals surface area contributed by atoms with Gasteiger partial charge in [-0.25, -0.2) is 0 Å². The van der Waals surface area contributed by atoms with E-state index in [4.69, 9.17) is 17.0 Å². The van der Waals surface area contributed by atoms with Crippen molar-refractivity contribution in [1.29, 1.82) is 0 Å². The van der Waals surface area contributed by atoms with E-state index in [1.54, 1.807) is 24.3 Å². The van der Waals surface area contributed by atoms with E-state index in [1.165, 1.54) is 12.0 Å². The lowest BCUT2D eigenvalue weighted by molar-refractivity contribution is -0.143. The summed E-state index contributed by atoms with van der Waals surface area (Å²) in [5.74, 6) is -0.643. The molecule has 0 radical (unpaired) electrons. The summed E-state index contributed by atoms with van der Waals surface area (Å²) < 4.78 is 5.24. The van der Waals surface area contributed by atoms with Crippen LogP contribution in [0.5, 0.6) is 0 Å². The van der Waals surface area contributed by atoms with E-state index in [0.29, 0.717) is 24.3 Å². The Balaban J connectivity index is 1.27. The van der Waals surface area contributed by atoms with Crippen LogP contribution in [0.3, 0.4) is 0 Å². The number of carbonyl (C=O) groups excluding carboxylic acids is 3. The Morgan fingerprint density at radius 2 is 1.61 bits per heavy atom. The topological polar surface area (TPSA) is 96.5 Å². The van der Waals surface area contributed by atoms with Gasteiger partial charge in [0.05, 0.1) is 6.61 Å². The number of rotatable bonds is 11. The zero-order chi connectivity index (χ0) is 25.6. The number of ether oxygens (including phenoxy) is 1. The quantitative estimate of drug-likeness (QED) is 0.226. The highest BCUT2D eigenvalue weighted by atomic mass is 32.1. The van der Waals surface area contributed by atoms with Crippen LogP contribution in [0.4, 0.5) is 5.69 Å². The van der Waals surface area contributed by atoms with Crippen LogP contribution < -0.4 is 16.0 Å². The molecule has 36 heavy (non-hydrogen) atoms. The predicted molar refractivity (Wildman–Crippen MR) is 145 cm³/mol. The molecule has 192 valence electrons. The first-order valence-electron chi connectivity index (χ1n) is 12.7. The summed E-state index contributed by atoms with van der Waals surface area (Å²) in [4.78, 5) is 36.4. The van der Waals surface area contributed by atoms with Gasteiger partial charge in [-0.1, -0.05) is 49.6 Å². The minimum Gasteiger partial charge on any atom is -0.466 e. The van der Waals surface area contributed by atoms with Gasteiger partial charge in [0.1, 0.15) is 0 Å². The Morgan fingerprint density at radius 3 is 2.33 bits per heavy atom. The van der Waals surface area contributed by atoms with Crippen molar-refractivity contribution in [2.75, 3.05) is 11.9 Å². The molecule has 8 heteroatoms. The number of hydrogen-bond acceptors (Lipinski definition) is 5. The number of amides is 2. The first-order chi connectivity index (χ1) is 17.5. The van der Waals surface area contributed by atoms with Crippen molar-refractivity contribution >= 4 is 40.8 Å². The van der Waals surface area contributed by atoms with Crippen LogP contribution >= 0.6 is 12.2 Å². The van der Waals surface area contributed by atoms with E-state index in [-0.39, 0.29) is 41.8 Å². The van der Waals surface area contributed by atoms with Crippen molar-refractivity contribution in [2.45, 2.75) is 70.3 Å². The second-order valence-corrected chi connectivity index (χ2v) is 9.46. The lowest BCUT2D eigenvalue weighted by atomic mass is 9.95. The van der Waals surface area contributed by atoms with Crippen LogP contribution in [-0.4, -0.2) is 35.5 Å². The molecule has 1 aliphatic carbocycles. The van der Waals surface area contributed by atoms with Gasteiger partial charge in [-0.2, -0.15) is 0 Å². The van der Waals surface area contributed by atoms with Crippen LogP contribution in [0.1, 0.15) is 73.7 Å². The molecule has 1 saturated carbocycles. The number of thiocarbonyl (C=S) groups is 1. The number of carbonyl (C=O) groups is 3. The maximum Gasteiger partial charge on any atom is 0.305 e. The zero-order valence-corrected chi connectivity index (χ0v) is 21.4. The third kappa shape index (κ3) is 10.2. The number of aryl methyl sites for hydroxylation is 1. The largest absolute Gasteiger partial charge is 0.466 e. The van der Waals surface area contributed by atoms with Gasteiger partial charge in [-0.05, 0) is 74.2 Å². The molecule has 0 unspecified atom stereocenters. The second-order valence-electron chi connectivity index (χ2n) is 9.05. The van der Waals surface area contributed by atoms with Crippen LogP contribution in [0.2, 0.25) is 0 Å². The molecule has 0 aromatic heterocycles. The first-order valence-corrected chi connectivity index (χ1v) is 13.1. The number of nitrogens with one attached hydrogen (secondary N) is 3. The van der Waals surface area contributed by atoms with E-state index >= 15 is 0 Å². The SMILES string of the molecule is O=C(CCCC(=O)OCCCc1ccccc1)NC(=S)Nc1ccc(C(=O)NC2CCCCC2)cc1. The molecular formula is C28H35N3O4S. The molecule has 2 amide bonds. The highest BCUT2D eigenvalue weighted by molar-refractivity contribution is 7.80. The molecule has 0 bridgehead atoms. The maximum atomic E-state index is 12.4. The van der Waals surface area contributed by atoms with Gasteiger partial charge in [0.2, 0.25) is 5.91 Å². The Hall–Kier alpha value is -3.26. The Bertz CT molecular complexity index is 1010. The number of esters is 1. The van der Waals surface area contributed by atoms with E-state index in [0.717, 1.165) is 38.5 Å². The summed E-state index contributed by atoms with van der Waals surface area (Å²) in [5, 5.41) is 8.82. The third-order valence-corrected chi connectivity index (χ3v) is 6.30. The Labute approximate surface area is 218 Å². The fourth-order valence-corrected chi connectivity index (χ4v) is 4.38. The molecule has 1 fully saturated rings. The van der Waals surface area contributed by atoms with Gasteiger partial charge < -0.3 is 20.7 Å². The average Bonchev–Trinajstić information content (AvgIpc) is 2.88. The summed E-state index contributed by atoms with van der Waals surface area (Å²) in [6.07, 6.45) is 8.00. The number of anilines is 1. The normalized spacial score (nSPS) is 13.4. The van der Waals surface area contributed by atoms with Gasteiger partial charge in [-0.15, -0.1) is 0 Å². The van der Waals surface area contributed by atoms with Crippen molar-refractivity contribution in [1.82, 2.24) is 10.6 Å². The molecule has 0 heterocycles. The molecular weight excluding hydrogens is 474 g/mol. The monoisotopic (exact) mass is 509 g/mol. The van der Waals surface area contributed by atoms with E-state index in [9.17, 15) is 14.4 Å². The Kier molecular flexibility index (Phi) is 11.4. The molecule has 2 aromatic carbocycles. The standard InChI is InChI=1S/C28H35N3O4S/c32-25(14-7-15-26(33)35-20-8-11-21-9-3-1-4-10-21)31-28(36)30-24-18-16-22(17-19-24)27(34)29-23-12-5-2-6-13-23/h1,3-4,9-10,16-19,23H,2,5-8,11-15,20H2,(H,29,34)(H2,30,31,32,36). The summed E-state index contributed by atoms with van der Waals surface area (Å²) in [7, 11) is 0. The number of hydrogen-bond donors (Lipinski definition) is 3. The summed E-state index contributed by atoms with van der Waals surface area (Å²) in [6, 6.07) is 17.3. The highest BCUT2D eigenvalue weighted by Crippen LogP contribution is 2.18. The average molecular weight is 510 g/mol. The van der Waals surface area contributed by atoms with Crippen molar-refractivity contribution in [3.05, 3.63) is 65.7 Å². The second kappa shape index (κ2) is 15.0. The van der Waals surface area contributed by atoms with Crippen LogP contribution in [0, 0.1) is 0 Å². The maximum absolute atomic E-state index is 12.4. The summed E-state index contributed by atoms with van der Waals surface area (Å²) in [5.41, 5.74) is 2.48. The van der Waals surface area contributed by atoms with Gasteiger partial charge >= 0.3 is 5.97 Å². The third-order valence-electron chi connectivity index (χ3n) is 6.10. The van der Waals surface area contributed by atoms with Gasteiger partial charge in [-0.3, -0.25) is 14.4 Å². The van der Waals surface area contributed by atoms with Gasteiger partial charge in [0.15, 0.2) is 5.11 Å². The molecule has 0 aliphatic heterocycles. The van der Waals surface area contributed by atoms with Crippen LogP contribution in [0.25, 0.3) is 0 Å². The fourth-order valence-electron chi connectivity index (χ4n) is 4.14. The van der Waals surface area contributed by atoms with Crippen molar-refractivity contribution in [2.24, 2.45) is 0 Å². The molecule has 0 saturated heterocycles. The number of benzene rings is 2. The Morgan fingerprint density at radius 1 is 0.889 bits per heavy atom. The lowest BCUT2D eigenvalue weighted by Gasteiger charge is -2.22. The molecule has 0 spiro atoms. The molecule has 7 nitrogen and oxygen atoms in total.